The van der Waals surface area contributed by atoms with E-state index < -0.39 is 29.1 Å². The number of hydrogen-bond acceptors (Lipinski definition) is 3. The maximum absolute atomic E-state index is 13.6. The third-order valence-electron chi connectivity index (χ3n) is 3.07. The van der Waals surface area contributed by atoms with Gasteiger partial charge in [-0.1, -0.05) is 15.9 Å². The molecule has 0 atom stereocenters. The van der Waals surface area contributed by atoms with E-state index in [1.54, 1.807) is 0 Å². The van der Waals surface area contributed by atoms with E-state index in [0.29, 0.717) is 19.6 Å². The number of benzene rings is 1. The van der Waals surface area contributed by atoms with Crippen LogP contribution in [0, 0.1) is 11.6 Å². The van der Waals surface area contributed by atoms with Crippen LogP contribution in [0.3, 0.4) is 0 Å². The predicted molar refractivity (Wildman–Crippen MR) is 76.8 cm³/mol. The number of carbonyl (C=O) groups is 2. The van der Waals surface area contributed by atoms with Gasteiger partial charge < -0.3 is 15.5 Å². The molecule has 21 heavy (non-hydrogen) atoms. The van der Waals surface area contributed by atoms with E-state index in [0.717, 1.165) is 25.1 Å². The van der Waals surface area contributed by atoms with Gasteiger partial charge in [0.2, 0.25) is 0 Å². The number of anilines is 1. The molecule has 0 aromatic heterocycles. The minimum absolute atomic E-state index is 0.209. The van der Waals surface area contributed by atoms with Crippen LogP contribution < -0.4 is 10.6 Å². The fourth-order valence-corrected chi connectivity index (χ4v) is 2.42. The molecule has 0 aliphatic carbocycles. The molecule has 1 aliphatic rings. The molecule has 1 aliphatic heterocycles. The van der Waals surface area contributed by atoms with Gasteiger partial charge in [0.1, 0.15) is 5.69 Å². The summed E-state index contributed by atoms with van der Waals surface area (Å²) >= 11 is 2.94. The maximum Gasteiger partial charge on any atom is 0.314 e. The lowest BCUT2D eigenvalue weighted by atomic mass is 10.3. The molecule has 0 radical (unpaired) electrons. The van der Waals surface area contributed by atoms with Crippen LogP contribution in [-0.2, 0) is 9.59 Å². The summed E-state index contributed by atoms with van der Waals surface area (Å²) in [5, 5.41) is 5.10. The largest absolute Gasteiger partial charge is 0.333 e. The Morgan fingerprint density at radius 2 is 1.86 bits per heavy atom. The Balaban J connectivity index is 2.08. The highest BCUT2D eigenvalue weighted by Crippen LogP contribution is 2.23. The van der Waals surface area contributed by atoms with Crippen molar-refractivity contribution >= 4 is 33.4 Å². The molecule has 1 heterocycles. The third-order valence-corrected chi connectivity index (χ3v) is 3.52. The van der Waals surface area contributed by atoms with E-state index in [2.05, 4.69) is 21.2 Å². The van der Waals surface area contributed by atoms with Gasteiger partial charge in [-0.25, -0.2) is 8.78 Å². The van der Waals surface area contributed by atoms with Crippen molar-refractivity contribution in [2.75, 3.05) is 31.5 Å². The van der Waals surface area contributed by atoms with Gasteiger partial charge in [-0.05, 0) is 25.1 Å². The summed E-state index contributed by atoms with van der Waals surface area (Å²) in [5.74, 6) is -3.72. The van der Waals surface area contributed by atoms with Gasteiger partial charge >= 0.3 is 11.8 Å². The molecule has 2 rings (SSSR count). The fourth-order valence-electron chi connectivity index (χ4n) is 2.02. The standard InChI is InChI=1S/C13H14BrF2N3O2/c14-8-6-9(15)11(10(16)7-8)18-12(20)13(21)19-4-1-2-17-3-5-19/h6-7,17H,1-5H2,(H,18,20). The first-order valence-electron chi connectivity index (χ1n) is 6.44. The molecule has 1 aromatic rings. The molecule has 2 N–H and O–H groups in total. The lowest BCUT2D eigenvalue weighted by molar-refractivity contribution is -0.143. The Labute approximate surface area is 128 Å². The van der Waals surface area contributed by atoms with E-state index in [-0.39, 0.29) is 4.47 Å². The van der Waals surface area contributed by atoms with Crippen LogP contribution in [0.15, 0.2) is 16.6 Å². The van der Waals surface area contributed by atoms with Gasteiger partial charge in [0.05, 0.1) is 0 Å². The Morgan fingerprint density at radius 1 is 1.19 bits per heavy atom. The number of amides is 2. The maximum atomic E-state index is 13.6. The Kier molecular flexibility index (Phi) is 5.24. The lowest BCUT2D eigenvalue weighted by Gasteiger charge is -2.19. The normalized spacial score (nSPS) is 15.5. The second-order valence-electron chi connectivity index (χ2n) is 4.59. The summed E-state index contributed by atoms with van der Waals surface area (Å²) in [4.78, 5) is 25.2. The van der Waals surface area contributed by atoms with E-state index >= 15 is 0 Å². The average Bonchev–Trinajstić information content (AvgIpc) is 2.70. The Bertz CT molecular complexity index is 537. The van der Waals surface area contributed by atoms with Crippen LogP contribution in [0.1, 0.15) is 6.42 Å². The van der Waals surface area contributed by atoms with Gasteiger partial charge in [-0.2, -0.15) is 0 Å². The van der Waals surface area contributed by atoms with Gasteiger partial charge in [0, 0.05) is 24.1 Å². The topological polar surface area (TPSA) is 61.4 Å². The number of hydrogen-bond donors (Lipinski definition) is 2. The average molecular weight is 362 g/mol. The zero-order valence-corrected chi connectivity index (χ0v) is 12.7. The van der Waals surface area contributed by atoms with Gasteiger partial charge in [0.15, 0.2) is 11.6 Å². The predicted octanol–water partition coefficient (Wildman–Crippen LogP) is 1.49. The highest BCUT2D eigenvalue weighted by Gasteiger charge is 2.24. The number of halogens is 3. The van der Waals surface area contributed by atoms with Crippen LogP contribution in [0.25, 0.3) is 0 Å². The van der Waals surface area contributed by atoms with Crippen molar-refractivity contribution in [1.29, 1.82) is 0 Å². The lowest BCUT2D eigenvalue weighted by Crippen LogP contribution is -2.41. The number of nitrogens with one attached hydrogen (secondary N) is 2. The van der Waals surface area contributed by atoms with Crippen molar-refractivity contribution in [2.24, 2.45) is 0 Å². The smallest absolute Gasteiger partial charge is 0.314 e. The first kappa shape index (κ1) is 15.8. The first-order chi connectivity index (χ1) is 9.99. The molecule has 0 saturated carbocycles. The second-order valence-corrected chi connectivity index (χ2v) is 5.51. The number of rotatable bonds is 1. The van der Waals surface area contributed by atoms with Crippen molar-refractivity contribution < 1.29 is 18.4 Å². The Morgan fingerprint density at radius 3 is 2.52 bits per heavy atom. The molecular weight excluding hydrogens is 348 g/mol. The first-order valence-corrected chi connectivity index (χ1v) is 7.24. The zero-order valence-electron chi connectivity index (χ0n) is 11.1. The molecular formula is C13H14BrF2N3O2. The minimum atomic E-state index is -1.04. The molecule has 1 fully saturated rings. The highest BCUT2D eigenvalue weighted by molar-refractivity contribution is 9.10. The van der Waals surface area contributed by atoms with Crippen LogP contribution in [-0.4, -0.2) is 42.9 Å². The van der Waals surface area contributed by atoms with Crippen LogP contribution >= 0.6 is 15.9 Å². The van der Waals surface area contributed by atoms with Crippen LogP contribution in [0.2, 0.25) is 0 Å². The second kappa shape index (κ2) is 6.95. The summed E-state index contributed by atoms with van der Waals surface area (Å²) in [6.07, 6.45) is 0.722. The molecule has 0 bridgehead atoms. The van der Waals surface area contributed by atoms with Crippen molar-refractivity contribution in [1.82, 2.24) is 10.2 Å². The molecule has 2 amide bonds. The summed E-state index contributed by atoms with van der Waals surface area (Å²) in [6, 6.07) is 2.03. The van der Waals surface area contributed by atoms with Gasteiger partial charge in [-0.15, -0.1) is 0 Å². The molecule has 1 saturated heterocycles. The molecule has 8 heteroatoms. The van der Waals surface area contributed by atoms with Crippen LogP contribution in [0.5, 0.6) is 0 Å². The van der Waals surface area contributed by atoms with Gasteiger partial charge in [0.25, 0.3) is 0 Å². The molecule has 5 nitrogen and oxygen atoms in total. The quantitative estimate of drug-likeness (QED) is 0.745. The zero-order chi connectivity index (χ0) is 15.4. The van der Waals surface area contributed by atoms with E-state index in [4.69, 9.17) is 0 Å². The van der Waals surface area contributed by atoms with Crippen LogP contribution in [0.4, 0.5) is 14.5 Å². The van der Waals surface area contributed by atoms with E-state index in [1.807, 2.05) is 5.32 Å². The molecule has 0 spiro atoms. The third kappa shape index (κ3) is 3.98. The number of carbonyl (C=O) groups excluding carboxylic acids is 2. The monoisotopic (exact) mass is 361 g/mol. The molecule has 0 unspecified atom stereocenters. The summed E-state index contributed by atoms with van der Waals surface area (Å²) in [7, 11) is 0. The van der Waals surface area contributed by atoms with Crippen molar-refractivity contribution in [3.8, 4) is 0 Å². The Hall–Kier alpha value is -1.54. The molecule has 1 aromatic carbocycles. The van der Waals surface area contributed by atoms with Crippen molar-refractivity contribution in [2.45, 2.75) is 6.42 Å². The fraction of sp³-hybridized carbons (Fsp3) is 0.385. The van der Waals surface area contributed by atoms with Gasteiger partial charge in [-0.3, -0.25) is 9.59 Å². The SMILES string of the molecule is O=C(Nc1c(F)cc(Br)cc1F)C(=O)N1CCCNCC1. The summed E-state index contributed by atoms with van der Waals surface area (Å²) in [6.45, 7) is 2.17. The summed E-state index contributed by atoms with van der Waals surface area (Å²) in [5.41, 5.74) is -0.621. The van der Waals surface area contributed by atoms with E-state index in [1.165, 1.54) is 4.90 Å². The highest BCUT2D eigenvalue weighted by atomic mass is 79.9. The summed E-state index contributed by atoms with van der Waals surface area (Å²) < 4.78 is 27.5. The number of nitrogens with zero attached hydrogens (tertiary/aromatic N) is 1. The van der Waals surface area contributed by atoms with Crippen molar-refractivity contribution in [3.63, 3.8) is 0 Å². The van der Waals surface area contributed by atoms with E-state index in [9.17, 15) is 18.4 Å². The van der Waals surface area contributed by atoms with Crippen molar-refractivity contribution in [3.05, 3.63) is 28.2 Å². The molecule has 114 valence electrons. The minimum Gasteiger partial charge on any atom is -0.333 e.